The number of rotatable bonds is 6. The van der Waals surface area contributed by atoms with E-state index in [1.807, 2.05) is 12.1 Å². The maximum Gasteiger partial charge on any atom is 0.129 e. The van der Waals surface area contributed by atoms with E-state index in [1.54, 1.807) is 0 Å². The van der Waals surface area contributed by atoms with Gasteiger partial charge in [0.05, 0.1) is 12.3 Å². The van der Waals surface area contributed by atoms with Crippen molar-refractivity contribution >= 4 is 5.82 Å². The van der Waals surface area contributed by atoms with E-state index in [2.05, 4.69) is 29.8 Å². The number of nitrogens with zero attached hydrogens (tertiary/aromatic N) is 2. The zero-order valence-electron chi connectivity index (χ0n) is 10.8. The monoisotopic (exact) mass is 234 g/mol. The van der Waals surface area contributed by atoms with Gasteiger partial charge in [-0.25, -0.2) is 4.98 Å². The van der Waals surface area contributed by atoms with Crippen LogP contribution in [0.5, 0.6) is 0 Å². The average Bonchev–Trinajstić information content (AvgIpc) is 3.14. The molecule has 94 valence electrons. The highest BCUT2D eigenvalue weighted by atomic mass is 16.3. The zero-order valence-corrected chi connectivity index (χ0v) is 10.8. The first kappa shape index (κ1) is 12.4. The largest absolute Gasteiger partial charge is 0.390 e. The molecule has 0 radical (unpaired) electrons. The highest BCUT2D eigenvalue weighted by Gasteiger charge is 2.29. The van der Waals surface area contributed by atoms with E-state index in [4.69, 9.17) is 5.11 Å². The van der Waals surface area contributed by atoms with Crippen molar-refractivity contribution in [2.75, 3.05) is 11.4 Å². The molecule has 1 N–H and O–H groups in total. The van der Waals surface area contributed by atoms with Gasteiger partial charge in [0.1, 0.15) is 5.82 Å². The molecule has 1 aromatic heterocycles. The Kier molecular flexibility index (Phi) is 4.00. The van der Waals surface area contributed by atoms with Crippen molar-refractivity contribution < 1.29 is 5.11 Å². The fraction of sp³-hybridized carbons (Fsp3) is 0.643. The number of aliphatic hydroxyl groups excluding tert-OH is 1. The predicted molar refractivity (Wildman–Crippen MR) is 70.0 cm³/mol. The zero-order chi connectivity index (χ0) is 12.3. The van der Waals surface area contributed by atoms with Crippen LogP contribution in [0, 0.1) is 5.92 Å². The summed E-state index contributed by atoms with van der Waals surface area (Å²) in [6.45, 7) is 5.60. The van der Waals surface area contributed by atoms with Crippen LogP contribution in [0.3, 0.4) is 0 Å². The summed E-state index contributed by atoms with van der Waals surface area (Å²) in [4.78, 5) is 6.91. The van der Waals surface area contributed by atoms with Crippen LogP contribution >= 0.6 is 0 Å². The summed E-state index contributed by atoms with van der Waals surface area (Å²) in [5.41, 5.74) is 0.762. The molecule has 3 nitrogen and oxygen atoms in total. The smallest absolute Gasteiger partial charge is 0.129 e. The summed E-state index contributed by atoms with van der Waals surface area (Å²) in [7, 11) is 0. The Morgan fingerprint density at radius 3 is 2.76 bits per heavy atom. The van der Waals surface area contributed by atoms with Crippen LogP contribution in [-0.2, 0) is 6.61 Å². The maximum atomic E-state index is 9.14. The summed E-state index contributed by atoms with van der Waals surface area (Å²) >= 11 is 0. The Morgan fingerprint density at radius 1 is 1.41 bits per heavy atom. The Hall–Kier alpha value is -1.09. The van der Waals surface area contributed by atoms with Gasteiger partial charge in [-0.05, 0) is 37.3 Å². The summed E-state index contributed by atoms with van der Waals surface area (Å²) in [6, 6.07) is 6.59. The van der Waals surface area contributed by atoms with Crippen molar-refractivity contribution in [1.82, 2.24) is 4.98 Å². The van der Waals surface area contributed by atoms with E-state index in [0.29, 0.717) is 6.04 Å². The molecule has 3 heteroatoms. The number of hydrogen-bond donors (Lipinski definition) is 1. The average molecular weight is 234 g/mol. The molecule has 0 aromatic carbocycles. The molecule has 1 aromatic rings. The molecule has 17 heavy (non-hydrogen) atoms. The third-order valence-corrected chi connectivity index (χ3v) is 3.18. The standard InChI is InChI=1S/C14H22N2O/c1-11(2)8-9-16(13-6-7-13)14-5-3-4-12(10-17)15-14/h3-5,11,13,17H,6-10H2,1-2H3. The molecule has 1 aliphatic rings. The summed E-state index contributed by atoms with van der Waals surface area (Å²) in [5, 5.41) is 9.14. The third-order valence-electron chi connectivity index (χ3n) is 3.18. The third kappa shape index (κ3) is 3.43. The van der Waals surface area contributed by atoms with Gasteiger partial charge in [-0.2, -0.15) is 0 Å². The highest BCUT2D eigenvalue weighted by Crippen LogP contribution is 2.31. The molecule has 0 atom stereocenters. The lowest BCUT2D eigenvalue weighted by molar-refractivity contribution is 0.277. The summed E-state index contributed by atoms with van der Waals surface area (Å²) in [5.74, 6) is 1.75. The first-order valence-electron chi connectivity index (χ1n) is 6.54. The highest BCUT2D eigenvalue weighted by molar-refractivity contribution is 5.42. The maximum absolute atomic E-state index is 9.14. The van der Waals surface area contributed by atoms with Crippen LogP contribution < -0.4 is 4.90 Å². The summed E-state index contributed by atoms with van der Waals surface area (Å²) in [6.07, 6.45) is 3.76. The number of anilines is 1. The molecule has 0 spiro atoms. The van der Waals surface area contributed by atoms with Gasteiger partial charge in [-0.3, -0.25) is 0 Å². The van der Waals surface area contributed by atoms with E-state index in [-0.39, 0.29) is 6.61 Å². The minimum atomic E-state index is 0.0243. The minimum absolute atomic E-state index is 0.0243. The quantitative estimate of drug-likeness (QED) is 0.822. The molecule has 0 saturated heterocycles. The van der Waals surface area contributed by atoms with E-state index >= 15 is 0 Å². The van der Waals surface area contributed by atoms with Gasteiger partial charge in [-0.15, -0.1) is 0 Å². The van der Waals surface area contributed by atoms with Crippen LogP contribution in [0.4, 0.5) is 5.82 Å². The number of aliphatic hydroxyl groups is 1. The normalized spacial score (nSPS) is 15.3. The fourth-order valence-corrected chi connectivity index (χ4v) is 1.98. The Balaban J connectivity index is 2.08. The molecule has 0 bridgehead atoms. The Bertz CT molecular complexity index is 361. The fourth-order valence-electron chi connectivity index (χ4n) is 1.98. The van der Waals surface area contributed by atoms with Gasteiger partial charge in [0.15, 0.2) is 0 Å². The van der Waals surface area contributed by atoms with E-state index in [9.17, 15) is 0 Å². The Labute approximate surface area is 103 Å². The van der Waals surface area contributed by atoms with Gasteiger partial charge in [0, 0.05) is 12.6 Å². The van der Waals surface area contributed by atoms with E-state index in [1.165, 1.54) is 19.3 Å². The van der Waals surface area contributed by atoms with E-state index < -0.39 is 0 Å². The molecular weight excluding hydrogens is 212 g/mol. The van der Waals surface area contributed by atoms with Crippen LogP contribution in [0.2, 0.25) is 0 Å². The first-order valence-corrected chi connectivity index (χ1v) is 6.54. The van der Waals surface area contributed by atoms with Crippen molar-refractivity contribution in [3.05, 3.63) is 23.9 Å². The van der Waals surface area contributed by atoms with Crippen LogP contribution in [0.1, 0.15) is 38.8 Å². The van der Waals surface area contributed by atoms with Crippen molar-refractivity contribution in [3.8, 4) is 0 Å². The number of pyridine rings is 1. The van der Waals surface area contributed by atoms with Gasteiger partial charge in [0.2, 0.25) is 0 Å². The van der Waals surface area contributed by atoms with Gasteiger partial charge in [0.25, 0.3) is 0 Å². The van der Waals surface area contributed by atoms with Gasteiger partial charge in [-0.1, -0.05) is 19.9 Å². The van der Waals surface area contributed by atoms with Crippen LogP contribution in [0.15, 0.2) is 18.2 Å². The second kappa shape index (κ2) is 5.50. The predicted octanol–water partition coefficient (Wildman–Crippen LogP) is 2.59. The molecule has 0 unspecified atom stereocenters. The lowest BCUT2D eigenvalue weighted by Gasteiger charge is -2.24. The summed E-state index contributed by atoms with van der Waals surface area (Å²) < 4.78 is 0. The second-order valence-corrected chi connectivity index (χ2v) is 5.25. The lowest BCUT2D eigenvalue weighted by atomic mass is 10.1. The molecule has 1 aliphatic carbocycles. The topological polar surface area (TPSA) is 36.4 Å². The second-order valence-electron chi connectivity index (χ2n) is 5.25. The molecular formula is C14H22N2O. The van der Waals surface area contributed by atoms with Crippen molar-refractivity contribution in [1.29, 1.82) is 0 Å². The van der Waals surface area contributed by atoms with Crippen molar-refractivity contribution in [2.45, 2.75) is 45.8 Å². The number of aromatic nitrogens is 1. The van der Waals surface area contributed by atoms with E-state index in [0.717, 1.165) is 24.0 Å². The van der Waals surface area contributed by atoms with Crippen LogP contribution in [-0.4, -0.2) is 22.7 Å². The SMILES string of the molecule is CC(C)CCN(c1cccc(CO)n1)C1CC1. The molecule has 1 fully saturated rings. The molecule has 1 heterocycles. The number of hydrogen-bond acceptors (Lipinski definition) is 3. The van der Waals surface area contributed by atoms with Crippen molar-refractivity contribution in [3.63, 3.8) is 0 Å². The Morgan fingerprint density at radius 2 is 2.18 bits per heavy atom. The molecule has 0 amide bonds. The minimum Gasteiger partial charge on any atom is -0.390 e. The molecule has 1 saturated carbocycles. The van der Waals surface area contributed by atoms with Crippen LogP contribution in [0.25, 0.3) is 0 Å². The lowest BCUT2D eigenvalue weighted by Crippen LogP contribution is -2.28. The van der Waals surface area contributed by atoms with Gasteiger partial charge >= 0.3 is 0 Å². The van der Waals surface area contributed by atoms with Crippen molar-refractivity contribution in [2.24, 2.45) is 5.92 Å². The molecule has 2 rings (SSSR count). The van der Waals surface area contributed by atoms with Gasteiger partial charge < -0.3 is 10.0 Å². The molecule has 0 aliphatic heterocycles. The first-order chi connectivity index (χ1) is 8.20.